The van der Waals surface area contributed by atoms with Crippen molar-refractivity contribution in [3.63, 3.8) is 0 Å². The number of aromatic carboxylic acids is 1. The molecule has 0 aliphatic carbocycles. The molecule has 0 saturated carbocycles. The van der Waals surface area contributed by atoms with Crippen LogP contribution in [-0.2, 0) is 11.3 Å². The molecule has 0 bridgehead atoms. The normalized spacial score (nSPS) is 12.0. The molecular formula is C16H18BrN3O3. The van der Waals surface area contributed by atoms with Crippen LogP contribution in [-0.4, -0.2) is 26.8 Å². The number of rotatable bonds is 5. The van der Waals surface area contributed by atoms with E-state index in [1.165, 1.54) is 12.1 Å². The van der Waals surface area contributed by atoms with E-state index in [0.717, 1.165) is 15.9 Å². The summed E-state index contributed by atoms with van der Waals surface area (Å²) in [6.07, 6.45) is 0. The van der Waals surface area contributed by atoms with Gasteiger partial charge in [-0.3, -0.25) is 9.48 Å². The summed E-state index contributed by atoms with van der Waals surface area (Å²) >= 11 is 3.47. The quantitative estimate of drug-likeness (QED) is 0.834. The van der Waals surface area contributed by atoms with E-state index in [4.69, 9.17) is 5.11 Å². The van der Waals surface area contributed by atoms with Crippen molar-refractivity contribution in [1.29, 1.82) is 0 Å². The highest BCUT2D eigenvalue weighted by Gasteiger charge is 2.17. The summed E-state index contributed by atoms with van der Waals surface area (Å²) in [5.74, 6) is -1.41. The highest BCUT2D eigenvalue weighted by molar-refractivity contribution is 9.10. The van der Waals surface area contributed by atoms with Gasteiger partial charge in [0.05, 0.1) is 28.2 Å². The second-order valence-electron chi connectivity index (χ2n) is 5.44. The van der Waals surface area contributed by atoms with Gasteiger partial charge in [-0.25, -0.2) is 4.79 Å². The number of carbonyl (C=O) groups excluding carboxylic acids is 1. The lowest BCUT2D eigenvalue weighted by Crippen LogP contribution is -2.25. The third kappa shape index (κ3) is 3.98. The van der Waals surface area contributed by atoms with Crippen LogP contribution in [0.1, 0.15) is 28.7 Å². The molecule has 0 unspecified atom stereocenters. The number of nitrogens with one attached hydrogen (secondary N) is 1. The Bertz CT molecular complexity index is 738. The van der Waals surface area contributed by atoms with Crippen molar-refractivity contribution in [1.82, 2.24) is 9.78 Å². The van der Waals surface area contributed by atoms with Crippen molar-refractivity contribution in [3.05, 3.63) is 45.7 Å². The van der Waals surface area contributed by atoms with E-state index >= 15 is 0 Å². The van der Waals surface area contributed by atoms with E-state index in [1.54, 1.807) is 16.8 Å². The van der Waals surface area contributed by atoms with Crippen molar-refractivity contribution in [2.75, 3.05) is 5.32 Å². The van der Waals surface area contributed by atoms with E-state index in [0.29, 0.717) is 12.2 Å². The molecule has 6 nitrogen and oxygen atoms in total. The lowest BCUT2D eigenvalue weighted by atomic mass is 10.1. The molecule has 2 rings (SSSR count). The maximum Gasteiger partial charge on any atom is 0.335 e. The van der Waals surface area contributed by atoms with Gasteiger partial charge >= 0.3 is 5.97 Å². The summed E-state index contributed by atoms with van der Waals surface area (Å²) in [5, 5.41) is 16.0. The third-order valence-corrected chi connectivity index (χ3v) is 4.73. The molecule has 0 spiro atoms. The smallest absolute Gasteiger partial charge is 0.335 e. The second kappa shape index (κ2) is 6.95. The number of halogens is 1. The van der Waals surface area contributed by atoms with E-state index in [-0.39, 0.29) is 17.4 Å². The largest absolute Gasteiger partial charge is 0.478 e. The number of hydrogen-bond donors (Lipinski definition) is 2. The van der Waals surface area contributed by atoms with Crippen molar-refractivity contribution in [2.24, 2.45) is 5.92 Å². The maximum atomic E-state index is 12.3. The monoisotopic (exact) mass is 379 g/mol. The van der Waals surface area contributed by atoms with Gasteiger partial charge in [-0.2, -0.15) is 5.10 Å². The van der Waals surface area contributed by atoms with Gasteiger partial charge in [0.1, 0.15) is 0 Å². The number of aromatic nitrogens is 2. The molecule has 1 atom stereocenters. The van der Waals surface area contributed by atoms with Gasteiger partial charge in [-0.15, -0.1) is 0 Å². The molecule has 1 aromatic carbocycles. The Morgan fingerprint density at radius 2 is 1.91 bits per heavy atom. The number of carboxylic acids is 1. The van der Waals surface area contributed by atoms with Crippen LogP contribution >= 0.6 is 15.9 Å². The van der Waals surface area contributed by atoms with E-state index in [9.17, 15) is 9.59 Å². The van der Waals surface area contributed by atoms with Crippen LogP contribution in [0.2, 0.25) is 0 Å². The van der Waals surface area contributed by atoms with Gasteiger partial charge in [-0.05, 0) is 54.0 Å². The fourth-order valence-electron chi connectivity index (χ4n) is 2.16. The molecule has 0 saturated heterocycles. The zero-order chi connectivity index (χ0) is 17.1. The first-order chi connectivity index (χ1) is 10.8. The fourth-order valence-corrected chi connectivity index (χ4v) is 2.44. The van der Waals surface area contributed by atoms with Gasteiger partial charge < -0.3 is 10.4 Å². The van der Waals surface area contributed by atoms with Crippen LogP contribution in [0.4, 0.5) is 5.69 Å². The molecule has 1 aromatic heterocycles. The van der Waals surface area contributed by atoms with Crippen molar-refractivity contribution in [3.8, 4) is 0 Å². The minimum Gasteiger partial charge on any atom is -0.478 e. The Kier molecular flexibility index (Phi) is 5.20. The zero-order valence-corrected chi connectivity index (χ0v) is 14.7. The van der Waals surface area contributed by atoms with Gasteiger partial charge in [-0.1, -0.05) is 6.92 Å². The average molecular weight is 380 g/mol. The highest BCUT2D eigenvalue weighted by atomic mass is 79.9. The Morgan fingerprint density at radius 3 is 2.39 bits per heavy atom. The number of carboxylic acid groups (broad SMARTS) is 1. The summed E-state index contributed by atoms with van der Waals surface area (Å²) in [7, 11) is 0. The number of amides is 1. The van der Waals surface area contributed by atoms with Gasteiger partial charge in [0.25, 0.3) is 0 Å². The molecule has 1 amide bonds. The molecule has 0 radical (unpaired) electrons. The van der Waals surface area contributed by atoms with E-state index in [2.05, 4.69) is 26.3 Å². The first-order valence-electron chi connectivity index (χ1n) is 7.13. The Hall–Kier alpha value is -2.15. The Morgan fingerprint density at radius 1 is 1.30 bits per heavy atom. The summed E-state index contributed by atoms with van der Waals surface area (Å²) in [5.41, 5.74) is 2.62. The first-order valence-corrected chi connectivity index (χ1v) is 7.92. The third-order valence-electron chi connectivity index (χ3n) is 3.59. The molecule has 122 valence electrons. The molecule has 1 heterocycles. The van der Waals surface area contributed by atoms with Crippen molar-refractivity contribution >= 4 is 33.5 Å². The predicted octanol–water partition coefficient (Wildman–Crippen LogP) is 3.24. The lowest BCUT2D eigenvalue weighted by molar-refractivity contribution is -0.119. The number of carbonyl (C=O) groups is 2. The molecule has 23 heavy (non-hydrogen) atoms. The molecule has 2 aromatic rings. The van der Waals surface area contributed by atoms with Gasteiger partial charge in [0.2, 0.25) is 5.91 Å². The van der Waals surface area contributed by atoms with Crippen LogP contribution in [0, 0.1) is 19.8 Å². The number of nitrogens with zero attached hydrogens (tertiary/aromatic N) is 2. The zero-order valence-electron chi connectivity index (χ0n) is 13.1. The van der Waals surface area contributed by atoms with Crippen LogP contribution in [0.5, 0.6) is 0 Å². The highest BCUT2D eigenvalue weighted by Crippen LogP contribution is 2.21. The molecule has 2 N–H and O–H groups in total. The van der Waals surface area contributed by atoms with E-state index in [1.807, 2.05) is 20.8 Å². The SMILES string of the molecule is Cc1nn(C[C@H](C)C(=O)Nc2ccc(C(=O)O)cc2)c(C)c1Br. The van der Waals surface area contributed by atoms with Gasteiger partial charge in [0, 0.05) is 11.4 Å². The number of hydrogen-bond acceptors (Lipinski definition) is 3. The van der Waals surface area contributed by atoms with Gasteiger partial charge in [0.15, 0.2) is 0 Å². The summed E-state index contributed by atoms with van der Waals surface area (Å²) in [6.45, 7) is 6.14. The van der Waals surface area contributed by atoms with Crippen LogP contribution in [0.25, 0.3) is 0 Å². The van der Waals surface area contributed by atoms with Crippen molar-refractivity contribution < 1.29 is 14.7 Å². The summed E-state index contributed by atoms with van der Waals surface area (Å²) < 4.78 is 2.76. The maximum absolute atomic E-state index is 12.3. The molecular weight excluding hydrogens is 362 g/mol. The molecule has 0 fully saturated rings. The Labute approximate surface area is 142 Å². The van der Waals surface area contributed by atoms with Crippen molar-refractivity contribution in [2.45, 2.75) is 27.3 Å². The predicted molar refractivity (Wildman–Crippen MR) is 90.6 cm³/mol. The fraction of sp³-hybridized carbons (Fsp3) is 0.312. The standard InChI is InChI=1S/C16H18BrN3O3/c1-9(8-20-11(3)14(17)10(2)19-20)15(21)18-13-6-4-12(5-7-13)16(22)23/h4-7,9H,8H2,1-3H3,(H,18,21)(H,22,23)/t9-/m0/s1. The minimum atomic E-state index is -0.994. The molecule has 0 aliphatic heterocycles. The number of anilines is 1. The number of benzene rings is 1. The average Bonchev–Trinajstić information content (AvgIpc) is 2.75. The second-order valence-corrected chi connectivity index (χ2v) is 6.23. The van der Waals surface area contributed by atoms with Crippen LogP contribution in [0.3, 0.4) is 0 Å². The minimum absolute atomic E-state index is 0.142. The molecule has 7 heteroatoms. The first kappa shape index (κ1) is 17.2. The summed E-state index contributed by atoms with van der Waals surface area (Å²) in [6, 6.07) is 6.07. The Balaban J connectivity index is 2.02. The van der Waals surface area contributed by atoms with Crippen LogP contribution < -0.4 is 5.32 Å². The topological polar surface area (TPSA) is 84.2 Å². The molecule has 0 aliphatic rings. The summed E-state index contributed by atoms with van der Waals surface area (Å²) in [4.78, 5) is 23.1. The number of aryl methyl sites for hydroxylation is 1. The van der Waals surface area contributed by atoms with E-state index < -0.39 is 5.97 Å². The lowest BCUT2D eigenvalue weighted by Gasteiger charge is -2.13. The van der Waals surface area contributed by atoms with Crippen LogP contribution in [0.15, 0.2) is 28.7 Å².